The van der Waals surface area contributed by atoms with Crippen molar-refractivity contribution in [3.63, 3.8) is 0 Å². The highest BCUT2D eigenvalue weighted by atomic mass is 79.9. The number of benzene rings is 1. The van der Waals surface area contributed by atoms with Crippen LogP contribution in [0, 0.1) is 5.82 Å². The molecule has 2 rings (SSSR count). The summed E-state index contributed by atoms with van der Waals surface area (Å²) < 4.78 is 23.6. The molecule has 108 valence electrons. The Morgan fingerprint density at radius 3 is 2.90 bits per heavy atom. The van der Waals surface area contributed by atoms with Gasteiger partial charge in [0.2, 0.25) is 0 Å². The highest BCUT2D eigenvalue weighted by Gasteiger charge is 2.30. The largest absolute Gasteiger partial charge is 0.467 e. The minimum atomic E-state index is -0.794. The molecule has 1 amide bonds. The summed E-state index contributed by atoms with van der Waals surface area (Å²) in [6.07, 6.45) is -0.794. The van der Waals surface area contributed by atoms with Gasteiger partial charge in [-0.25, -0.2) is 9.18 Å². The highest BCUT2D eigenvalue weighted by Crippen LogP contribution is 2.18. The van der Waals surface area contributed by atoms with Gasteiger partial charge in [-0.15, -0.1) is 0 Å². The van der Waals surface area contributed by atoms with E-state index in [1.54, 1.807) is 0 Å². The van der Waals surface area contributed by atoms with Crippen molar-refractivity contribution in [1.29, 1.82) is 0 Å². The minimum Gasteiger partial charge on any atom is -0.467 e. The lowest BCUT2D eigenvalue weighted by Gasteiger charge is -2.31. The molecule has 5 nitrogen and oxygen atoms in total. The molecule has 0 saturated carbocycles. The van der Waals surface area contributed by atoms with Crippen LogP contribution in [0.3, 0.4) is 0 Å². The van der Waals surface area contributed by atoms with E-state index in [-0.39, 0.29) is 24.6 Å². The maximum Gasteiger partial charge on any atom is 0.336 e. The molecule has 1 fully saturated rings. The second-order valence-electron chi connectivity index (χ2n) is 4.26. The summed E-state index contributed by atoms with van der Waals surface area (Å²) in [6, 6.07) is 4.16. The number of hydrogen-bond acceptors (Lipinski definition) is 4. The van der Waals surface area contributed by atoms with E-state index in [1.807, 2.05) is 0 Å². The summed E-state index contributed by atoms with van der Waals surface area (Å²) >= 11 is 3.03. The van der Waals surface area contributed by atoms with Crippen LogP contribution in [0.4, 0.5) is 4.39 Å². The molecule has 0 radical (unpaired) electrons. The molecule has 7 heteroatoms. The smallest absolute Gasteiger partial charge is 0.336 e. The maximum absolute atomic E-state index is 13.4. The summed E-state index contributed by atoms with van der Waals surface area (Å²) in [4.78, 5) is 25.1. The molecular formula is C13H13BrFNO4. The number of esters is 1. The molecule has 0 aromatic heterocycles. The third-order valence-electron chi connectivity index (χ3n) is 2.98. The van der Waals surface area contributed by atoms with Gasteiger partial charge in [-0.1, -0.05) is 0 Å². The zero-order valence-electron chi connectivity index (χ0n) is 10.8. The Hall–Kier alpha value is -1.47. The fourth-order valence-electron chi connectivity index (χ4n) is 1.92. The van der Waals surface area contributed by atoms with Crippen molar-refractivity contribution in [3.8, 4) is 0 Å². The fourth-order valence-corrected chi connectivity index (χ4v) is 2.17. The van der Waals surface area contributed by atoms with Crippen LogP contribution in [0.1, 0.15) is 10.4 Å². The number of rotatable bonds is 2. The first-order valence-electron chi connectivity index (χ1n) is 5.96. The van der Waals surface area contributed by atoms with Crippen molar-refractivity contribution >= 4 is 27.8 Å². The van der Waals surface area contributed by atoms with E-state index in [0.29, 0.717) is 11.0 Å². The number of carbonyl (C=O) groups is 2. The van der Waals surface area contributed by atoms with E-state index in [2.05, 4.69) is 20.7 Å². The highest BCUT2D eigenvalue weighted by molar-refractivity contribution is 9.10. The van der Waals surface area contributed by atoms with Crippen molar-refractivity contribution < 1.29 is 23.5 Å². The topological polar surface area (TPSA) is 55.8 Å². The predicted octanol–water partition coefficient (Wildman–Crippen LogP) is 1.60. The molecule has 0 bridgehead atoms. The molecule has 0 N–H and O–H groups in total. The quantitative estimate of drug-likeness (QED) is 0.764. The number of methoxy groups -OCH3 is 1. The molecule has 1 aromatic rings. The third-order valence-corrected chi connectivity index (χ3v) is 3.63. The van der Waals surface area contributed by atoms with Crippen LogP contribution in [0.25, 0.3) is 0 Å². The average molecular weight is 346 g/mol. The molecule has 1 saturated heterocycles. The van der Waals surface area contributed by atoms with Crippen LogP contribution in [-0.2, 0) is 14.3 Å². The predicted molar refractivity (Wildman–Crippen MR) is 71.8 cm³/mol. The molecular weight excluding hydrogens is 333 g/mol. The number of morpholine rings is 1. The SMILES string of the molecule is COC(=O)C1CN(C(=O)c2ccc(Br)c(F)c2)CCO1. The molecule has 0 spiro atoms. The normalized spacial score (nSPS) is 18.8. The van der Waals surface area contributed by atoms with Gasteiger partial charge in [-0.3, -0.25) is 4.79 Å². The molecule has 1 aliphatic heterocycles. The van der Waals surface area contributed by atoms with Gasteiger partial charge < -0.3 is 14.4 Å². The Morgan fingerprint density at radius 2 is 2.25 bits per heavy atom. The Morgan fingerprint density at radius 1 is 1.50 bits per heavy atom. The molecule has 0 aliphatic carbocycles. The van der Waals surface area contributed by atoms with Gasteiger partial charge in [-0.2, -0.15) is 0 Å². The van der Waals surface area contributed by atoms with Crippen LogP contribution < -0.4 is 0 Å². The first-order valence-corrected chi connectivity index (χ1v) is 6.76. The number of nitrogens with zero attached hydrogens (tertiary/aromatic N) is 1. The third kappa shape index (κ3) is 3.16. The van der Waals surface area contributed by atoms with Gasteiger partial charge in [0.1, 0.15) is 5.82 Å². The Bertz CT molecular complexity index is 537. The summed E-state index contributed by atoms with van der Waals surface area (Å²) in [5, 5.41) is 0. The number of carbonyl (C=O) groups excluding carboxylic acids is 2. The van der Waals surface area contributed by atoms with Crippen LogP contribution >= 0.6 is 15.9 Å². The number of amides is 1. The lowest BCUT2D eigenvalue weighted by molar-refractivity contribution is -0.158. The minimum absolute atomic E-state index is 0.100. The van der Waals surface area contributed by atoms with Crippen molar-refractivity contribution in [2.45, 2.75) is 6.10 Å². The first-order chi connectivity index (χ1) is 9.52. The van der Waals surface area contributed by atoms with Gasteiger partial charge in [0.05, 0.1) is 24.7 Å². The van der Waals surface area contributed by atoms with Crippen molar-refractivity contribution in [1.82, 2.24) is 4.90 Å². The van der Waals surface area contributed by atoms with E-state index in [4.69, 9.17) is 4.74 Å². The molecule has 20 heavy (non-hydrogen) atoms. The monoisotopic (exact) mass is 345 g/mol. The van der Waals surface area contributed by atoms with Crippen molar-refractivity contribution in [2.24, 2.45) is 0 Å². The lowest BCUT2D eigenvalue weighted by atomic mass is 10.1. The summed E-state index contributed by atoms with van der Waals surface area (Å²) in [7, 11) is 1.26. The van der Waals surface area contributed by atoms with Gasteiger partial charge in [0, 0.05) is 12.1 Å². The van der Waals surface area contributed by atoms with E-state index in [9.17, 15) is 14.0 Å². The van der Waals surface area contributed by atoms with Crippen LogP contribution in [0.2, 0.25) is 0 Å². The zero-order valence-corrected chi connectivity index (χ0v) is 12.4. The van der Waals surface area contributed by atoms with Crippen molar-refractivity contribution in [2.75, 3.05) is 26.8 Å². The number of ether oxygens (including phenoxy) is 2. The van der Waals surface area contributed by atoms with Gasteiger partial charge >= 0.3 is 5.97 Å². The zero-order chi connectivity index (χ0) is 14.7. The average Bonchev–Trinajstić information content (AvgIpc) is 2.48. The standard InChI is InChI=1S/C13H13BrFNO4/c1-19-13(18)11-7-16(4-5-20-11)12(17)8-2-3-9(14)10(15)6-8/h2-3,6,11H,4-5,7H2,1H3. The Kier molecular flexibility index (Phi) is 4.72. The summed E-state index contributed by atoms with van der Waals surface area (Å²) in [5.74, 6) is -1.37. The van der Waals surface area contributed by atoms with E-state index < -0.39 is 17.9 Å². The van der Waals surface area contributed by atoms with E-state index in [1.165, 1.54) is 24.1 Å². The number of hydrogen-bond donors (Lipinski definition) is 0. The molecule has 1 heterocycles. The fraction of sp³-hybridized carbons (Fsp3) is 0.385. The first kappa shape index (κ1) is 14.9. The maximum atomic E-state index is 13.4. The van der Waals surface area contributed by atoms with Crippen molar-refractivity contribution in [3.05, 3.63) is 34.1 Å². The molecule has 1 aromatic carbocycles. The van der Waals surface area contributed by atoms with Crippen LogP contribution in [0.5, 0.6) is 0 Å². The van der Waals surface area contributed by atoms with Crippen LogP contribution in [-0.4, -0.2) is 49.7 Å². The Balaban J connectivity index is 2.12. The second-order valence-corrected chi connectivity index (χ2v) is 5.12. The second kappa shape index (κ2) is 6.32. The Labute approximate surface area is 123 Å². The molecule has 1 atom stereocenters. The van der Waals surface area contributed by atoms with E-state index >= 15 is 0 Å². The van der Waals surface area contributed by atoms with Gasteiger partial charge in [-0.05, 0) is 34.1 Å². The molecule has 1 unspecified atom stereocenters. The van der Waals surface area contributed by atoms with E-state index in [0.717, 1.165) is 6.07 Å². The lowest BCUT2D eigenvalue weighted by Crippen LogP contribution is -2.48. The van der Waals surface area contributed by atoms with Gasteiger partial charge in [0.15, 0.2) is 6.10 Å². The summed E-state index contributed by atoms with van der Waals surface area (Å²) in [6.45, 7) is 0.692. The number of halogens is 2. The van der Waals surface area contributed by atoms with Crippen LogP contribution in [0.15, 0.2) is 22.7 Å². The molecule has 1 aliphatic rings. The van der Waals surface area contributed by atoms with Gasteiger partial charge in [0.25, 0.3) is 5.91 Å². The summed E-state index contributed by atoms with van der Waals surface area (Å²) in [5.41, 5.74) is 0.233.